The Labute approximate surface area is 169 Å². The monoisotopic (exact) mass is 447 g/mol. The highest BCUT2D eigenvalue weighted by Crippen LogP contribution is 2.37. The van der Waals surface area contributed by atoms with Crippen molar-refractivity contribution in [2.24, 2.45) is 0 Å². The fourth-order valence-electron chi connectivity index (χ4n) is 2.76. The summed E-state index contributed by atoms with van der Waals surface area (Å²) < 4.78 is 88.6. The normalized spacial score (nSPS) is 12.1. The summed E-state index contributed by atoms with van der Waals surface area (Å²) in [6.45, 7) is 1.38. The molecule has 0 aliphatic heterocycles. The quantitative estimate of drug-likeness (QED) is 0.438. The number of hydrogen-bond donors (Lipinski definition) is 0. The third-order valence-electron chi connectivity index (χ3n) is 4.17. The molecule has 31 heavy (non-hydrogen) atoms. The number of nitrogens with zero attached hydrogens (tertiary/aromatic N) is 3. The Morgan fingerprint density at radius 1 is 1.03 bits per heavy atom. The summed E-state index contributed by atoms with van der Waals surface area (Å²) in [6, 6.07) is 1.68. The number of rotatable bonds is 3. The van der Waals surface area contributed by atoms with Crippen LogP contribution in [0.5, 0.6) is 0 Å². The van der Waals surface area contributed by atoms with Gasteiger partial charge in [-0.15, -0.1) is 0 Å². The average molecular weight is 447 g/mol. The molecular weight excluding hydrogens is 436 g/mol. The molecule has 164 valence electrons. The molecular formula is C18H11F6N3O4. The fourth-order valence-corrected chi connectivity index (χ4v) is 2.76. The Morgan fingerprint density at radius 2 is 1.61 bits per heavy atom. The van der Waals surface area contributed by atoms with E-state index in [1.165, 1.54) is 13.0 Å². The highest BCUT2D eigenvalue weighted by atomic mass is 19.4. The summed E-state index contributed by atoms with van der Waals surface area (Å²) in [5.74, 6) is -2.20. The van der Waals surface area contributed by atoms with E-state index >= 15 is 0 Å². The Kier molecular flexibility index (Phi) is 5.38. The molecule has 0 saturated carbocycles. The molecule has 0 aliphatic rings. The Bertz CT molecular complexity index is 1130. The number of esters is 1. The van der Waals surface area contributed by atoms with Crippen molar-refractivity contribution in [3.8, 4) is 11.3 Å². The summed E-state index contributed by atoms with van der Waals surface area (Å²) in [6.07, 6.45) is -9.20. The van der Waals surface area contributed by atoms with Crippen LogP contribution < -0.4 is 0 Å². The number of carbonyl (C=O) groups is 2. The molecule has 0 saturated heterocycles. The maximum Gasteiger partial charge on any atom is 0.416 e. The predicted molar refractivity (Wildman–Crippen MR) is 90.0 cm³/mol. The van der Waals surface area contributed by atoms with Crippen molar-refractivity contribution in [1.82, 2.24) is 14.9 Å². The number of benzene rings is 1. The SMILES string of the molecule is COC(=O)c1noc(C)c1-c1ccnn1C(=O)c1cc(C(F)(F)F)cc(C(F)(F)F)c1. The van der Waals surface area contributed by atoms with Gasteiger partial charge in [0.1, 0.15) is 5.76 Å². The van der Waals surface area contributed by atoms with Gasteiger partial charge in [0.05, 0.1) is 35.7 Å². The van der Waals surface area contributed by atoms with Gasteiger partial charge in [-0.2, -0.15) is 36.1 Å². The number of aryl methyl sites for hydroxylation is 1. The van der Waals surface area contributed by atoms with E-state index in [1.54, 1.807) is 0 Å². The van der Waals surface area contributed by atoms with Crippen molar-refractivity contribution < 1.29 is 45.2 Å². The second-order valence-corrected chi connectivity index (χ2v) is 6.18. The Hall–Kier alpha value is -3.64. The lowest BCUT2D eigenvalue weighted by atomic mass is 10.0. The maximum atomic E-state index is 13.1. The second-order valence-electron chi connectivity index (χ2n) is 6.18. The van der Waals surface area contributed by atoms with Gasteiger partial charge < -0.3 is 9.26 Å². The van der Waals surface area contributed by atoms with Crippen molar-refractivity contribution in [2.45, 2.75) is 19.3 Å². The zero-order valence-corrected chi connectivity index (χ0v) is 15.6. The molecule has 0 atom stereocenters. The smallest absolute Gasteiger partial charge is 0.416 e. The fraction of sp³-hybridized carbons (Fsp3) is 0.222. The van der Waals surface area contributed by atoms with Gasteiger partial charge in [0.25, 0.3) is 5.91 Å². The zero-order chi connectivity index (χ0) is 23.1. The molecule has 0 fully saturated rings. The van der Waals surface area contributed by atoms with Crippen LogP contribution in [0.3, 0.4) is 0 Å². The summed E-state index contributed by atoms with van der Waals surface area (Å²) in [5, 5.41) is 7.19. The van der Waals surface area contributed by atoms with Gasteiger partial charge in [-0.25, -0.2) is 4.79 Å². The minimum atomic E-state index is -5.13. The summed E-state index contributed by atoms with van der Waals surface area (Å²) >= 11 is 0. The van der Waals surface area contributed by atoms with Crippen molar-refractivity contribution >= 4 is 11.9 Å². The molecule has 0 bridgehead atoms. The first-order valence-corrected chi connectivity index (χ1v) is 8.27. The standard InChI is InChI=1S/C18H11F6N3O4/c1-8-13(14(26-31-8)16(29)30-2)12-3-4-25-27(12)15(28)9-5-10(17(19,20)21)7-11(6-9)18(22,23)24/h3-7H,1-2H3. The first kappa shape index (κ1) is 22.1. The average Bonchev–Trinajstić information content (AvgIpc) is 3.31. The minimum Gasteiger partial charge on any atom is -0.464 e. The molecule has 0 amide bonds. The number of alkyl halides is 6. The van der Waals surface area contributed by atoms with E-state index in [1.807, 2.05) is 0 Å². The van der Waals surface area contributed by atoms with Crippen molar-refractivity contribution in [2.75, 3.05) is 7.11 Å². The van der Waals surface area contributed by atoms with E-state index in [0.717, 1.165) is 13.3 Å². The molecule has 2 aromatic heterocycles. The van der Waals surface area contributed by atoms with Crippen LogP contribution in [0.1, 0.15) is 37.7 Å². The first-order chi connectivity index (χ1) is 14.3. The topological polar surface area (TPSA) is 87.2 Å². The van der Waals surface area contributed by atoms with Crippen LogP contribution in [0, 0.1) is 6.92 Å². The van der Waals surface area contributed by atoms with Crippen LogP contribution in [0.25, 0.3) is 11.3 Å². The lowest BCUT2D eigenvalue weighted by Gasteiger charge is -2.14. The molecule has 3 aromatic rings. The lowest BCUT2D eigenvalue weighted by molar-refractivity contribution is -0.143. The summed E-state index contributed by atoms with van der Waals surface area (Å²) in [7, 11) is 1.06. The molecule has 0 spiro atoms. The molecule has 0 aliphatic carbocycles. The number of carbonyl (C=O) groups excluding carboxylic acids is 2. The van der Waals surface area contributed by atoms with E-state index in [4.69, 9.17) is 4.52 Å². The number of ether oxygens (including phenoxy) is 1. The molecule has 0 radical (unpaired) electrons. The van der Waals surface area contributed by atoms with Gasteiger partial charge in [-0.1, -0.05) is 5.16 Å². The first-order valence-electron chi connectivity index (χ1n) is 8.27. The predicted octanol–water partition coefficient (Wildman–Crippen LogP) is 4.36. The third kappa shape index (κ3) is 4.15. The molecule has 13 heteroatoms. The van der Waals surface area contributed by atoms with Gasteiger partial charge in [-0.3, -0.25) is 4.79 Å². The summed E-state index contributed by atoms with van der Waals surface area (Å²) in [5.41, 5.74) is -4.78. The van der Waals surface area contributed by atoms with Crippen LogP contribution in [-0.4, -0.2) is 33.9 Å². The van der Waals surface area contributed by atoms with Gasteiger partial charge in [0.15, 0.2) is 0 Å². The molecule has 0 N–H and O–H groups in total. The minimum absolute atomic E-state index is 0.0370. The van der Waals surface area contributed by atoms with Gasteiger partial charge in [-0.05, 0) is 31.2 Å². The largest absolute Gasteiger partial charge is 0.464 e. The van der Waals surface area contributed by atoms with Crippen molar-refractivity contribution in [3.63, 3.8) is 0 Å². The highest BCUT2D eigenvalue weighted by Gasteiger charge is 2.38. The Morgan fingerprint density at radius 3 is 2.13 bits per heavy atom. The van der Waals surface area contributed by atoms with Gasteiger partial charge >= 0.3 is 18.3 Å². The number of aromatic nitrogens is 3. The van der Waals surface area contributed by atoms with Crippen LogP contribution in [-0.2, 0) is 17.1 Å². The van der Waals surface area contributed by atoms with E-state index in [2.05, 4.69) is 15.0 Å². The molecule has 2 heterocycles. The summed E-state index contributed by atoms with van der Waals surface area (Å²) in [4.78, 5) is 24.7. The molecule has 3 rings (SSSR count). The zero-order valence-electron chi connectivity index (χ0n) is 15.6. The van der Waals surface area contributed by atoms with Gasteiger partial charge in [0.2, 0.25) is 5.69 Å². The maximum absolute atomic E-state index is 13.1. The van der Waals surface area contributed by atoms with Crippen LogP contribution in [0.4, 0.5) is 26.3 Å². The third-order valence-corrected chi connectivity index (χ3v) is 4.17. The van der Waals surface area contributed by atoms with E-state index in [9.17, 15) is 35.9 Å². The van der Waals surface area contributed by atoms with Crippen molar-refractivity contribution in [1.29, 1.82) is 0 Å². The highest BCUT2D eigenvalue weighted by molar-refractivity contribution is 6.00. The number of halogens is 6. The second kappa shape index (κ2) is 7.56. The molecule has 0 unspecified atom stereocenters. The lowest BCUT2D eigenvalue weighted by Crippen LogP contribution is -2.19. The van der Waals surface area contributed by atoms with E-state index < -0.39 is 40.9 Å². The number of hydrogen-bond acceptors (Lipinski definition) is 6. The van der Waals surface area contributed by atoms with Crippen molar-refractivity contribution in [3.05, 3.63) is 58.6 Å². The molecule has 7 nitrogen and oxygen atoms in total. The van der Waals surface area contributed by atoms with E-state index in [-0.39, 0.29) is 40.9 Å². The van der Waals surface area contributed by atoms with E-state index in [0.29, 0.717) is 4.68 Å². The molecule has 1 aromatic carbocycles. The van der Waals surface area contributed by atoms with Crippen LogP contribution in [0.2, 0.25) is 0 Å². The number of methoxy groups -OCH3 is 1. The van der Waals surface area contributed by atoms with Crippen LogP contribution in [0.15, 0.2) is 35.0 Å². The van der Waals surface area contributed by atoms with Crippen LogP contribution >= 0.6 is 0 Å². The Balaban J connectivity index is 2.17. The van der Waals surface area contributed by atoms with Gasteiger partial charge in [0, 0.05) is 5.56 Å².